The lowest BCUT2D eigenvalue weighted by molar-refractivity contribution is -0.383. The van der Waals surface area contributed by atoms with Crippen LogP contribution in [0, 0.1) is 10.1 Å². The summed E-state index contributed by atoms with van der Waals surface area (Å²) < 4.78 is 4.73. The Kier molecular flexibility index (Phi) is 4.60. The first kappa shape index (κ1) is 17.2. The zero-order valence-corrected chi connectivity index (χ0v) is 15.1. The monoisotopic (exact) mass is 334 g/mol. The highest BCUT2D eigenvalue weighted by Gasteiger charge is 2.28. The molecular weight excluding hydrogens is 312 g/mol. The highest BCUT2D eigenvalue weighted by molar-refractivity contribution is 6.88. The Morgan fingerprint density at radius 3 is 2.48 bits per heavy atom. The number of aromatic amines is 1. The standard InChI is InChI=1S/C16H22N2O4Si/c1-6-7-11-12-8-10(16(19)22-2)9-13(18(20)21)14(12)17-15(11)23(3,4)5/h8-9,17H,6-7H2,1-5H3. The SMILES string of the molecule is CCCc1c([Si](C)(C)C)[nH]c2c([N+](=O)[O-])cc(C(=O)OC)cc12. The van der Waals surface area contributed by atoms with E-state index >= 15 is 0 Å². The van der Waals surface area contributed by atoms with E-state index in [1.807, 2.05) is 0 Å². The lowest BCUT2D eigenvalue weighted by Crippen LogP contribution is -2.40. The second-order valence-electron chi connectivity index (χ2n) is 6.65. The number of nitro benzene ring substituents is 1. The molecule has 0 atom stereocenters. The first-order valence-corrected chi connectivity index (χ1v) is 11.1. The fourth-order valence-corrected chi connectivity index (χ4v) is 4.53. The molecule has 0 radical (unpaired) electrons. The molecule has 1 aromatic heterocycles. The van der Waals surface area contributed by atoms with Crippen LogP contribution in [0.5, 0.6) is 0 Å². The van der Waals surface area contributed by atoms with Crippen LogP contribution in [-0.2, 0) is 11.2 Å². The number of hydrogen-bond donors (Lipinski definition) is 1. The third-order valence-corrected chi connectivity index (χ3v) is 5.79. The highest BCUT2D eigenvalue weighted by atomic mass is 28.3. The van der Waals surface area contributed by atoms with Crippen LogP contribution >= 0.6 is 0 Å². The number of aromatic nitrogens is 1. The van der Waals surface area contributed by atoms with Gasteiger partial charge in [0, 0.05) is 16.8 Å². The summed E-state index contributed by atoms with van der Waals surface area (Å²) in [6.07, 6.45) is 1.75. The van der Waals surface area contributed by atoms with E-state index < -0.39 is 19.0 Å². The number of hydrogen-bond acceptors (Lipinski definition) is 4. The van der Waals surface area contributed by atoms with E-state index in [0.717, 1.165) is 29.1 Å². The van der Waals surface area contributed by atoms with Gasteiger partial charge < -0.3 is 9.72 Å². The third kappa shape index (κ3) is 3.14. The van der Waals surface area contributed by atoms with E-state index in [1.165, 1.54) is 13.2 Å². The van der Waals surface area contributed by atoms with Gasteiger partial charge in [0.25, 0.3) is 5.69 Å². The van der Waals surface area contributed by atoms with Crippen molar-refractivity contribution in [2.24, 2.45) is 0 Å². The van der Waals surface area contributed by atoms with Crippen molar-refractivity contribution >= 4 is 36.0 Å². The summed E-state index contributed by atoms with van der Waals surface area (Å²) in [4.78, 5) is 26.2. The zero-order chi connectivity index (χ0) is 17.4. The Balaban J connectivity index is 2.88. The molecule has 0 spiro atoms. The molecule has 0 unspecified atom stereocenters. The van der Waals surface area contributed by atoms with Crippen molar-refractivity contribution in [2.45, 2.75) is 39.4 Å². The topological polar surface area (TPSA) is 85.2 Å². The number of carbonyl (C=O) groups is 1. The van der Waals surface area contributed by atoms with E-state index in [2.05, 4.69) is 31.5 Å². The number of nitrogens with zero attached hydrogens (tertiary/aromatic N) is 1. The number of non-ortho nitro benzene ring substituents is 1. The Morgan fingerprint density at radius 2 is 2.00 bits per heavy atom. The molecule has 0 aliphatic carbocycles. The number of benzene rings is 1. The maximum atomic E-state index is 11.9. The molecule has 0 bridgehead atoms. The highest BCUT2D eigenvalue weighted by Crippen LogP contribution is 2.30. The molecule has 0 fully saturated rings. The fourth-order valence-electron chi connectivity index (χ4n) is 2.86. The molecule has 0 amide bonds. The van der Waals surface area contributed by atoms with E-state index in [1.54, 1.807) is 6.07 Å². The van der Waals surface area contributed by atoms with E-state index in [-0.39, 0.29) is 11.3 Å². The quantitative estimate of drug-likeness (QED) is 0.393. The number of nitro groups is 1. The summed E-state index contributed by atoms with van der Waals surface area (Å²) in [6, 6.07) is 2.99. The van der Waals surface area contributed by atoms with E-state index in [9.17, 15) is 14.9 Å². The fraction of sp³-hybridized carbons (Fsp3) is 0.438. The summed E-state index contributed by atoms with van der Waals surface area (Å²) in [6.45, 7) is 8.67. The third-order valence-electron chi connectivity index (χ3n) is 3.86. The number of methoxy groups -OCH3 is 1. The van der Waals surface area contributed by atoms with Gasteiger partial charge in [-0.3, -0.25) is 10.1 Å². The predicted molar refractivity (Wildman–Crippen MR) is 93.3 cm³/mol. The van der Waals surface area contributed by atoms with Crippen molar-refractivity contribution < 1.29 is 14.5 Å². The number of fused-ring (bicyclic) bond motifs is 1. The van der Waals surface area contributed by atoms with Crippen LogP contribution in [0.3, 0.4) is 0 Å². The van der Waals surface area contributed by atoms with Crippen LogP contribution in [0.4, 0.5) is 5.69 Å². The molecule has 1 heterocycles. The van der Waals surface area contributed by atoms with Crippen molar-refractivity contribution in [3.63, 3.8) is 0 Å². The summed E-state index contributed by atoms with van der Waals surface area (Å²) >= 11 is 0. The molecule has 1 N–H and O–H groups in total. The summed E-state index contributed by atoms with van der Waals surface area (Å²) in [5.74, 6) is -0.562. The van der Waals surface area contributed by atoms with Crippen molar-refractivity contribution in [2.75, 3.05) is 7.11 Å². The van der Waals surface area contributed by atoms with Crippen molar-refractivity contribution in [1.82, 2.24) is 4.98 Å². The molecule has 7 heteroatoms. The minimum Gasteiger partial charge on any atom is -0.465 e. The number of ether oxygens (including phenoxy) is 1. The summed E-state index contributed by atoms with van der Waals surface area (Å²) in [5.41, 5.74) is 1.73. The van der Waals surface area contributed by atoms with Crippen LogP contribution < -0.4 is 5.32 Å². The lowest BCUT2D eigenvalue weighted by Gasteiger charge is -2.16. The number of rotatable bonds is 5. The Morgan fingerprint density at radius 1 is 1.35 bits per heavy atom. The average molecular weight is 334 g/mol. The largest absolute Gasteiger partial charge is 0.465 e. The Labute approximate surface area is 136 Å². The first-order chi connectivity index (χ1) is 10.7. The van der Waals surface area contributed by atoms with Crippen molar-refractivity contribution in [1.29, 1.82) is 0 Å². The molecular formula is C16H22N2O4Si. The van der Waals surface area contributed by atoms with Gasteiger partial charge in [-0.25, -0.2) is 4.79 Å². The van der Waals surface area contributed by atoms with Gasteiger partial charge in [-0.15, -0.1) is 0 Å². The summed E-state index contributed by atoms with van der Waals surface area (Å²) in [5, 5.41) is 13.3. The Bertz CT molecular complexity index is 774. The van der Waals surface area contributed by atoms with Gasteiger partial charge in [-0.1, -0.05) is 33.0 Å². The van der Waals surface area contributed by atoms with Crippen LogP contribution in [0.15, 0.2) is 12.1 Å². The number of esters is 1. The molecule has 0 saturated heterocycles. The van der Waals surface area contributed by atoms with E-state index in [4.69, 9.17) is 4.74 Å². The van der Waals surface area contributed by atoms with E-state index in [0.29, 0.717) is 5.52 Å². The molecule has 6 nitrogen and oxygen atoms in total. The normalized spacial score (nSPS) is 11.7. The second kappa shape index (κ2) is 6.15. The van der Waals surface area contributed by atoms with Gasteiger partial charge in [0.2, 0.25) is 0 Å². The van der Waals surface area contributed by atoms with Crippen LogP contribution in [0.2, 0.25) is 19.6 Å². The smallest absolute Gasteiger partial charge is 0.338 e. The minimum absolute atomic E-state index is 0.0789. The molecule has 2 rings (SSSR count). The van der Waals surface area contributed by atoms with Gasteiger partial charge in [-0.05, 0) is 18.1 Å². The lowest BCUT2D eigenvalue weighted by atomic mass is 10.0. The summed E-state index contributed by atoms with van der Waals surface area (Å²) in [7, 11) is -0.429. The van der Waals surface area contributed by atoms with Crippen LogP contribution in [0.1, 0.15) is 29.3 Å². The molecule has 2 aromatic rings. The number of carbonyl (C=O) groups excluding carboxylic acids is 1. The molecule has 0 aliphatic rings. The molecule has 0 aliphatic heterocycles. The first-order valence-electron chi connectivity index (χ1n) is 7.62. The van der Waals surface area contributed by atoms with Gasteiger partial charge >= 0.3 is 5.97 Å². The zero-order valence-electron chi connectivity index (χ0n) is 14.1. The second-order valence-corrected chi connectivity index (χ2v) is 11.6. The van der Waals surface area contributed by atoms with Gasteiger partial charge in [-0.2, -0.15) is 0 Å². The minimum atomic E-state index is -1.70. The Hall–Kier alpha value is -2.15. The molecule has 23 heavy (non-hydrogen) atoms. The number of aryl methyl sites for hydroxylation is 1. The maximum Gasteiger partial charge on any atom is 0.338 e. The number of nitrogens with one attached hydrogen (secondary N) is 1. The number of H-pyrrole nitrogens is 1. The molecule has 124 valence electrons. The predicted octanol–water partition coefficient (Wildman–Crippen LogP) is 3.36. The van der Waals surface area contributed by atoms with Gasteiger partial charge in [0.05, 0.1) is 25.7 Å². The van der Waals surface area contributed by atoms with Crippen LogP contribution in [-0.4, -0.2) is 31.1 Å². The molecule has 1 aromatic carbocycles. The van der Waals surface area contributed by atoms with Crippen molar-refractivity contribution in [3.8, 4) is 0 Å². The van der Waals surface area contributed by atoms with Crippen molar-refractivity contribution in [3.05, 3.63) is 33.4 Å². The van der Waals surface area contributed by atoms with Crippen LogP contribution in [0.25, 0.3) is 10.9 Å². The average Bonchev–Trinajstić information content (AvgIpc) is 2.84. The van der Waals surface area contributed by atoms with Gasteiger partial charge in [0.15, 0.2) is 0 Å². The molecule has 0 saturated carbocycles. The van der Waals surface area contributed by atoms with Gasteiger partial charge in [0.1, 0.15) is 5.52 Å². The maximum absolute atomic E-state index is 11.9.